The highest BCUT2D eigenvalue weighted by atomic mass is 14.4. The van der Waals surface area contributed by atoms with Crippen LogP contribution in [-0.2, 0) is 11.8 Å². The average molecular weight is 551 g/mol. The van der Waals surface area contributed by atoms with Crippen molar-refractivity contribution >= 4 is 33.2 Å². The van der Waals surface area contributed by atoms with Gasteiger partial charge in [0, 0.05) is 5.41 Å². The Bertz CT molecular complexity index is 2250. The monoisotopic (exact) mass is 550 g/mol. The highest BCUT2D eigenvalue weighted by molar-refractivity contribution is 6.13. The molecule has 0 bridgehead atoms. The molecule has 0 heterocycles. The van der Waals surface area contributed by atoms with Crippen molar-refractivity contribution in [2.24, 2.45) is 0 Å². The molecule has 2 aliphatic carbocycles. The Balaban J connectivity index is 1.19. The molecule has 0 unspecified atom stereocenters. The summed E-state index contributed by atoms with van der Waals surface area (Å²) in [7, 11) is 0. The van der Waals surface area contributed by atoms with Crippen molar-refractivity contribution in [2.75, 3.05) is 0 Å². The van der Waals surface area contributed by atoms with E-state index in [-0.39, 0.29) is 5.41 Å². The Morgan fingerprint density at radius 2 is 1.35 bits per heavy atom. The van der Waals surface area contributed by atoms with Crippen molar-refractivity contribution in [1.29, 1.82) is 0 Å². The lowest BCUT2D eigenvalue weighted by atomic mass is 9.80. The van der Waals surface area contributed by atoms with Crippen LogP contribution in [0.4, 0.5) is 0 Å². The Morgan fingerprint density at radius 3 is 2.19 bits per heavy atom. The van der Waals surface area contributed by atoms with Gasteiger partial charge in [0.1, 0.15) is 0 Å². The van der Waals surface area contributed by atoms with Crippen molar-refractivity contribution in [2.45, 2.75) is 32.1 Å². The number of rotatable bonds is 3. The van der Waals surface area contributed by atoms with Gasteiger partial charge in [-0.3, -0.25) is 0 Å². The second-order valence-corrected chi connectivity index (χ2v) is 12.5. The second kappa shape index (κ2) is 10.1. The van der Waals surface area contributed by atoms with Crippen molar-refractivity contribution in [3.8, 4) is 22.3 Å². The first-order valence-electron chi connectivity index (χ1n) is 15.4. The third kappa shape index (κ3) is 4.29. The van der Waals surface area contributed by atoms with Gasteiger partial charge in [-0.25, -0.2) is 0 Å². The maximum absolute atomic E-state index is 2.46. The molecular weight excluding hydrogens is 516 g/mol. The predicted octanol–water partition coefficient (Wildman–Crippen LogP) is 9.66. The maximum Gasteiger partial charge on any atom is 0.0159 e. The normalized spacial score (nSPS) is 16.6. The quantitative estimate of drug-likeness (QED) is 0.192. The van der Waals surface area contributed by atoms with Gasteiger partial charge in [-0.15, -0.1) is 0 Å². The maximum atomic E-state index is 2.46. The van der Waals surface area contributed by atoms with E-state index in [0.717, 1.165) is 12.8 Å². The van der Waals surface area contributed by atoms with Crippen LogP contribution in [0, 0.1) is 0 Å². The minimum atomic E-state index is -0.0731. The van der Waals surface area contributed by atoms with Gasteiger partial charge in [-0.05, 0) is 101 Å². The minimum absolute atomic E-state index is 0.0731. The lowest BCUT2D eigenvalue weighted by Crippen LogP contribution is -2.26. The van der Waals surface area contributed by atoms with Crippen molar-refractivity contribution < 1.29 is 0 Å². The van der Waals surface area contributed by atoms with E-state index in [1.165, 1.54) is 76.5 Å². The molecule has 0 radical (unpaired) electrons. The van der Waals surface area contributed by atoms with E-state index in [0.29, 0.717) is 0 Å². The zero-order valence-electron chi connectivity index (χ0n) is 24.8. The van der Waals surface area contributed by atoms with Gasteiger partial charge in [-0.2, -0.15) is 0 Å². The van der Waals surface area contributed by atoms with Crippen molar-refractivity contribution in [3.05, 3.63) is 167 Å². The molecule has 8 rings (SSSR count). The van der Waals surface area contributed by atoms with E-state index in [2.05, 4.69) is 159 Å². The second-order valence-electron chi connectivity index (χ2n) is 12.5. The van der Waals surface area contributed by atoms with Gasteiger partial charge in [0.2, 0.25) is 0 Å². The first-order chi connectivity index (χ1) is 21.1. The van der Waals surface area contributed by atoms with E-state index in [1.807, 2.05) is 0 Å². The zero-order valence-corrected chi connectivity index (χ0v) is 24.8. The topological polar surface area (TPSA) is 0 Å². The third-order valence-electron chi connectivity index (χ3n) is 9.57. The fourth-order valence-corrected chi connectivity index (χ4v) is 7.28. The Labute approximate surface area is 253 Å². The summed E-state index contributed by atoms with van der Waals surface area (Å²) in [5, 5.41) is 7.88. The molecule has 0 amide bonds. The van der Waals surface area contributed by atoms with E-state index in [1.54, 1.807) is 0 Å². The van der Waals surface area contributed by atoms with Gasteiger partial charge < -0.3 is 0 Å². The molecule has 0 heteroatoms. The number of hydrogen-bond donors (Lipinski definition) is 0. The summed E-state index contributed by atoms with van der Waals surface area (Å²) in [5.41, 5.74) is 10.8. The molecule has 0 saturated carbocycles. The van der Waals surface area contributed by atoms with Crippen LogP contribution in [0.25, 0.3) is 55.4 Å². The van der Waals surface area contributed by atoms with Crippen LogP contribution in [0.15, 0.2) is 140 Å². The summed E-state index contributed by atoms with van der Waals surface area (Å²) in [6, 6.07) is 43.0. The van der Waals surface area contributed by atoms with Crippen LogP contribution in [0.5, 0.6) is 0 Å². The van der Waals surface area contributed by atoms with Crippen LogP contribution in [0.3, 0.4) is 0 Å². The zero-order chi connectivity index (χ0) is 29.0. The molecule has 0 nitrogen and oxygen atoms in total. The highest BCUT2D eigenvalue weighted by Crippen LogP contribution is 2.50. The van der Waals surface area contributed by atoms with Crippen LogP contribution >= 0.6 is 0 Å². The molecule has 0 N–H and O–H groups in total. The van der Waals surface area contributed by atoms with Gasteiger partial charge in [0.25, 0.3) is 0 Å². The van der Waals surface area contributed by atoms with Gasteiger partial charge >= 0.3 is 0 Å². The average Bonchev–Trinajstić information content (AvgIpc) is 3.29. The van der Waals surface area contributed by atoms with Crippen molar-refractivity contribution in [1.82, 2.24) is 0 Å². The molecule has 0 atom stereocenters. The van der Waals surface area contributed by atoms with Crippen LogP contribution in [0.1, 0.15) is 37.0 Å². The fraction of sp³-hybridized carbons (Fsp3) is 0.116. The van der Waals surface area contributed by atoms with Gasteiger partial charge in [-0.1, -0.05) is 147 Å². The van der Waals surface area contributed by atoms with E-state index in [4.69, 9.17) is 0 Å². The van der Waals surface area contributed by atoms with Gasteiger partial charge in [0.15, 0.2) is 0 Å². The molecule has 43 heavy (non-hydrogen) atoms. The molecule has 0 saturated heterocycles. The lowest BCUT2D eigenvalue weighted by molar-refractivity contribution is 0.660. The Kier molecular flexibility index (Phi) is 6.05. The summed E-state index contributed by atoms with van der Waals surface area (Å²) >= 11 is 0. The SMILES string of the molecule is CC1(C)c2cc(C/C=c3/cccc/c3=C3\C=CC=CC3)ccc2-c2ccc(-c3cc4ccccc4c4ccccc34)cc21. The van der Waals surface area contributed by atoms with Crippen molar-refractivity contribution in [3.63, 3.8) is 0 Å². The molecular formula is C43H34. The van der Waals surface area contributed by atoms with Crippen LogP contribution in [0.2, 0.25) is 0 Å². The fourth-order valence-electron chi connectivity index (χ4n) is 7.28. The van der Waals surface area contributed by atoms with E-state index in [9.17, 15) is 0 Å². The van der Waals surface area contributed by atoms with E-state index < -0.39 is 0 Å². The molecule has 6 aromatic carbocycles. The Morgan fingerprint density at radius 1 is 0.628 bits per heavy atom. The summed E-state index contributed by atoms with van der Waals surface area (Å²) in [6.45, 7) is 4.78. The van der Waals surface area contributed by atoms with Crippen LogP contribution in [-0.4, -0.2) is 0 Å². The first kappa shape index (κ1) is 25.7. The molecule has 0 aromatic heterocycles. The number of hydrogen-bond acceptors (Lipinski definition) is 0. The number of fused-ring (bicyclic) bond motifs is 6. The molecule has 206 valence electrons. The number of benzene rings is 6. The molecule has 0 fully saturated rings. The summed E-state index contributed by atoms with van der Waals surface area (Å²) in [5.74, 6) is 0. The largest absolute Gasteiger partial charge is 0.0801 e. The highest BCUT2D eigenvalue weighted by Gasteiger charge is 2.35. The predicted molar refractivity (Wildman–Crippen MR) is 185 cm³/mol. The summed E-state index contributed by atoms with van der Waals surface area (Å²) in [4.78, 5) is 0. The number of allylic oxidation sites excluding steroid dienone is 4. The van der Waals surface area contributed by atoms with Gasteiger partial charge in [0.05, 0.1) is 0 Å². The Hall–Kier alpha value is -4.94. The smallest absolute Gasteiger partial charge is 0.0159 e. The van der Waals surface area contributed by atoms with Crippen LogP contribution < -0.4 is 10.4 Å². The molecule has 6 aromatic rings. The standard InChI is InChI=1S/C43H34/c1-43(2)41-26-29(20-22-31-14-6-8-16-34(31)30-12-4-3-5-13-30)21-24-38(41)39-25-23-33(28-42(39)43)40-27-32-15-7-9-17-35(32)36-18-10-11-19-37(36)40/h3-12,14-19,21-28H,13,20H2,1-2H3/b31-22-,34-30-. The third-order valence-corrected chi connectivity index (χ3v) is 9.57. The summed E-state index contributed by atoms with van der Waals surface area (Å²) < 4.78 is 0. The minimum Gasteiger partial charge on any atom is -0.0801 e. The molecule has 2 aliphatic rings. The molecule has 0 aliphatic heterocycles. The summed E-state index contributed by atoms with van der Waals surface area (Å²) in [6.07, 6.45) is 13.1. The first-order valence-corrected chi connectivity index (χ1v) is 15.4. The lowest BCUT2D eigenvalue weighted by Gasteiger charge is -2.23. The van der Waals surface area contributed by atoms with E-state index >= 15 is 0 Å². The molecule has 0 spiro atoms.